The van der Waals surface area contributed by atoms with Gasteiger partial charge in [-0.05, 0) is 12.8 Å². The number of hydrogen-bond donors (Lipinski definition) is 2. The minimum Gasteiger partial charge on any atom is -0.465 e. The molecule has 17 heavy (non-hydrogen) atoms. The van der Waals surface area contributed by atoms with Crippen molar-refractivity contribution in [3.63, 3.8) is 0 Å². The average Bonchev–Trinajstić information content (AvgIpc) is 2.29. The van der Waals surface area contributed by atoms with Crippen LogP contribution in [0, 0.1) is 0 Å². The Morgan fingerprint density at radius 1 is 1.00 bits per heavy atom. The summed E-state index contributed by atoms with van der Waals surface area (Å²) < 4.78 is 5.69. The Labute approximate surface area is 98.6 Å². The van der Waals surface area contributed by atoms with Gasteiger partial charge in [-0.15, -0.1) is 0 Å². The van der Waals surface area contributed by atoms with Crippen molar-refractivity contribution in [2.24, 2.45) is 0 Å². The summed E-state index contributed by atoms with van der Waals surface area (Å²) >= 11 is 0. The number of ether oxygens (including phenoxy) is 1. The van der Waals surface area contributed by atoms with Crippen LogP contribution in [0.1, 0.15) is 12.8 Å². The van der Waals surface area contributed by atoms with Gasteiger partial charge in [0.1, 0.15) is 0 Å². The molecular formula is C10H16N2O5. The smallest absolute Gasteiger partial charge is 0.407 e. The first-order valence-corrected chi connectivity index (χ1v) is 5.62. The molecule has 7 nitrogen and oxygen atoms in total. The van der Waals surface area contributed by atoms with Crippen LogP contribution in [0.3, 0.4) is 0 Å². The summed E-state index contributed by atoms with van der Waals surface area (Å²) in [6, 6.07) is 0. The van der Waals surface area contributed by atoms with Gasteiger partial charge in [-0.1, -0.05) is 0 Å². The Bertz CT molecular complexity index is 325. The van der Waals surface area contributed by atoms with E-state index in [0.29, 0.717) is 45.6 Å². The molecule has 1 spiro atoms. The molecule has 0 saturated carbocycles. The molecule has 0 bridgehead atoms. The van der Waals surface area contributed by atoms with E-state index in [9.17, 15) is 9.59 Å². The van der Waals surface area contributed by atoms with Crippen molar-refractivity contribution < 1.29 is 24.5 Å². The molecule has 0 radical (unpaired) electrons. The van der Waals surface area contributed by atoms with E-state index < -0.39 is 17.8 Å². The van der Waals surface area contributed by atoms with Crippen LogP contribution in [0.15, 0.2) is 0 Å². The van der Waals surface area contributed by atoms with Crippen LogP contribution in [-0.2, 0) is 4.74 Å². The Kier molecular flexibility index (Phi) is 3.10. The zero-order chi connectivity index (χ0) is 12.5. The number of likely N-dealkylation sites (tertiary alicyclic amines) is 1. The third kappa shape index (κ3) is 2.44. The summed E-state index contributed by atoms with van der Waals surface area (Å²) in [5, 5.41) is 17.8. The monoisotopic (exact) mass is 244 g/mol. The quantitative estimate of drug-likeness (QED) is 0.648. The molecule has 2 rings (SSSR count). The third-order valence-corrected chi connectivity index (χ3v) is 3.46. The van der Waals surface area contributed by atoms with E-state index in [1.54, 1.807) is 0 Å². The van der Waals surface area contributed by atoms with Gasteiger partial charge in [0.2, 0.25) is 0 Å². The summed E-state index contributed by atoms with van der Waals surface area (Å²) in [5.74, 6) is 0. The Balaban J connectivity index is 1.97. The molecule has 0 aromatic rings. The first kappa shape index (κ1) is 12.0. The van der Waals surface area contributed by atoms with Crippen molar-refractivity contribution in [3.05, 3.63) is 0 Å². The van der Waals surface area contributed by atoms with Gasteiger partial charge in [0.25, 0.3) is 0 Å². The minimum absolute atomic E-state index is 0.343. The second-order valence-electron chi connectivity index (χ2n) is 4.51. The summed E-state index contributed by atoms with van der Waals surface area (Å²) in [5.41, 5.74) is -0.484. The van der Waals surface area contributed by atoms with Gasteiger partial charge in [0.05, 0.1) is 18.8 Å². The fraction of sp³-hybridized carbons (Fsp3) is 0.800. The van der Waals surface area contributed by atoms with Crippen LogP contribution in [0.2, 0.25) is 0 Å². The van der Waals surface area contributed by atoms with Gasteiger partial charge in [0.15, 0.2) is 0 Å². The molecule has 2 heterocycles. The number of nitrogens with zero attached hydrogens (tertiary/aromatic N) is 2. The Hall–Kier alpha value is -1.50. The zero-order valence-corrected chi connectivity index (χ0v) is 9.46. The van der Waals surface area contributed by atoms with E-state index in [0.717, 1.165) is 0 Å². The lowest BCUT2D eigenvalue weighted by molar-refractivity contribution is -0.126. The van der Waals surface area contributed by atoms with Crippen LogP contribution < -0.4 is 0 Å². The van der Waals surface area contributed by atoms with Gasteiger partial charge < -0.3 is 24.7 Å². The topological polar surface area (TPSA) is 90.3 Å². The maximum atomic E-state index is 10.9. The van der Waals surface area contributed by atoms with Crippen molar-refractivity contribution in [1.82, 2.24) is 9.80 Å². The third-order valence-electron chi connectivity index (χ3n) is 3.46. The molecule has 96 valence electrons. The Morgan fingerprint density at radius 3 is 2.12 bits per heavy atom. The van der Waals surface area contributed by atoms with Gasteiger partial charge in [-0.25, -0.2) is 9.59 Å². The second-order valence-corrected chi connectivity index (χ2v) is 4.51. The molecule has 2 saturated heterocycles. The average molecular weight is 244 g/mol. The maximum absolute atomic E-state index is 10.9. The highest BCUT2D eigenvalue weighted by Gasteiger charge is 2.41. The second kappa shape index (κ2) is 4.40. The normalized spacial score (nSPS) is 23.8. The van der Waals surface area contributed by atoms with Gasteiger partial charge in [0, 0.05) is 19.6 Å². The highest BCUT2D eigenvalue weighted by Crippen LogP contribution is 2.30. The predicted octanol–water partition coefficient (Wildman–Crippen LogP) is 0.509. The van der Waals surface area contributed by atoms with Crippen molar-refractivity contribution in [3.8, 4) is 0 Å². The molecule has 0 aromatic heterocycles. The molecule has 0 atom stereocenters. The molecule has 2 N–H and O–H groups in total. The summed E-state index contributed by atoms with van der Waals surface area (Å²) in [4.78, 5) is 24.4. The number of rotatable bonds is 0. The fourth-order valence-corrected chi connectivity index (χ4v) is 2.42. The van der Waals surface area contributed by atoms with E-state index in [1.807, 2.05) is 0 Å². The zero-order valence-electron chi connectivity index (χ0n) is 9.46. The largest absolute Gasteiger partial charge is 0.465 e. The lowest BCUT2D eigenvalue weighted by Crippen LogP contribution is -2.58. The molecular weight excluding hydrogens is 228 g/mol. The van der Waals surface area contributed by atoms with E-state index in [-0.39, 0.29) is 0 Å². The van der Waals surface area contributed by atoms with Gasteiger partial charge in [-0.3, -0.25) is 0 Å². The van der Waals surface area contributed by atoms with Crippen molar-refractivity contribution in [2.45, 2.75) is 18.4 Å². The summed E-state index contributed by atoms with van der Waals surface area (Å²) in [7, 11) is 0. The van der Waals surface area contributed by atoms with Crippen molar-refractivity contribution >= 4 is 12.2 Å². The number of carbonyl (C=O) groups is 2. The van der Waals surface area contributed by atoms with Gasteiger partial charge in [-0.2, -0.15) is 0 Å². The van der Waals surface area contributed by atoms with Crippen LogP contribution in [0.5, 0.6) is 0 Å². The number of amides is 2. The van der Waals surface area contributed by atoms with Crippen LogP contribution in [0.4, 0.5) is 9.59 Å². The van der Waals surface area contributed by atoms with Crippen molar-refractivity contribution in [2.75, 3.05) is 32.8 Å². The van der Waals surface area contributed by atoms with E-state index in [2.05, 4.69) is 0 Å². The number of carboxylic acid groups (broad SMARTS) is 2. The van der Waals surface area contributed by atoms with E-state index >= 15 is 0 Å². The first-order chi connectivity index (χ1) is 8.02. The minimum atomic E-state index is -0.937. The highest BCUT2D eigenvalue weighted by molar-refractivity contribution is 5.66. The molecule has 0 aliphatic carbocycles. The van der Waals surface area contributed by atoms with Crippen LogP contribution >= 0.6 is 0 Å². The first-order valence-electron chi connectivity index (χ1n) is 5.62. The molecule has 2 amide bonds. The predicted molar refractivity (Wildman–Crippen MR) is 57.1 cm³/mol. The van der Waals surface area contributed by atoms with E-state index in [1.165, 1.54) is 9.80 Å². The van der Waals surface area contributed by atoms with Crippen LogP contribution in [0.25, 0.3) is 0 Å². The summed E-state index contributed by atoms with van der Waals surface area (Å²) in [6.07, 6.45) is -0.745. The lowest BCUT2D eigenvalue weighted by atomic mass is 9.89. The fourth-order valence-electron chi connectivity index (χ4n) is 2.42. The van der Waals surface area contributed by atoms with Gasteiger partial charge >= 0.3 is 12.2 Å². The van der Waals surface area contributed by atoms with E-state index in [4.69, 9.17) is 14.9 Å². The molecule has 0 aromatic carbocycles. The molecule has 0 unspecified atom stereocenters. The molecule has 7 heteroatoms. The lowest BCUT2D eigenvalue weighted by Gasteiger charge is -2.45. The maximum Gasteiger partial charge on any atom is 0.407 e. The SMILES string of the molecule is O=C(O)N1CCC2(CC1)CN(C(=O)O)CCO2. The molecule has 2 fully saturated rings. The Morgan fingerprint density at radius 2 is 1.59 bits per heavy atom. The molecule has 2 aliphatic rings. The summed E-state index contributed by atoms with van der Waals surface area (Å²) in [6.45, 7) is 1.93. The number of morpholine rings is 1. The molecule has 2 aliphatic heterocycles. The van der Waals surface area contributed by atoms with Crippen molar-refractivity contribution in [1.29, 1.82) is 0 Å². The number of piperidine rings is 1. The number of hydrogen-bond acceptors (Lipinski definition) is 3. The standard InChI is InChI=1S/C10H16N2O5/c13-8(14)11-3-1-10(2-4-11)7-12(9(15)16)5-6-17-10/h1-7H2,(H,13,14)(H,15,16). The highest BCUT2D eigenvalue weighted by atomic mass is 16.5. The van der Waals surface area contributed by atoms with Crippen LogP contribution in [-0.4, -0.2) is 70.6 Å².